The van der Waals surface area contributed by atoms with E-state index in [1.807, 2.05) is 0 Å². The van der Waals surface area contributed by atoms with Gasteiger partial charge in [0.05, 0.1) is 15.0 Å². The molecule has 164 valence electrons. The Balaban J connectivity index is 1.52. The molecule has 6 nitrogen and oxygen atoms in total. The van der Waals surface area contributed by atoms with E-state index in [9.17, 15) is 14.7 Å². The molecule has 2 aromatic rings. The lowest BCUT2D eigenvalue weighted by molar-refractivity contribution is -0.115. The van der Waals surface area contributed by atoms with E-state index in [0.29, 0.717) is 26.4 Å². The van der Waals surface area contributed by atoms with Gasteiger partial charge in [-0.2, -0.15) is 0 Å². The van der Waals surface area contributed by atoms with Gasteiger partial charge >= 0.3 is 0 Å². The number of imide groups is 1. The monoisotopic (exact) mass is 481 g/mol. The van der Waals surface area contributed by atoms with Gasteiger partial charge in [-0.05, 0) is 53.6 Å². The van der Waals surface area contributed by atoms with Crippen LogP contribution >= 0.6 is 35.0 Å². The molecule has 0 aromatic heterocycles. The van der Waals surface area contributed by atoms with Crippen LogP contribution in [0, 0.1) is 0 Å². The van der Waals surface area contributed by atoms with Crippen molar-refractivity contribution in [1.29, 1.82) is 0 Å². The molecule has 2 amide bonds. The molecular formula is C22H21Cl2NO5S. The van der Waals surface area contributed by atoms with Crippen molar-refractivity contribution >= 4 is 52.2 Å². The van der Waals surface area contributed by atoms with E-state index in [2.05, 4.69) is 12.2 Å². The molecule has 1 unspecified atom stereocenters. The summed E-state index contributed by atoms with van der Waals surface area (Å²) in [5.74, 6) is 0.754. The number of ether oxygens (including phenoxy) is 2. The van der Waals surface area contributed by atoms with Gasteiger partial charge in [-0.3, -0.25) is 14.9 Å². The van der Waals surface area contributed by atoms with Gasteiger partial charge in [0.15, 0.2) is 0 Å². The lowest BCUT2D eigenvalue weighted by Crippen LogP contribution is -2.25. The predicted octanol–water partition coefficient (Wildman–Crippen LogP) is 5.09. The lowest BCUT2D eigenvalue weighted by atomic mass is 10.1. The Morgan fingerprint density at radius 1 is 1.10 bits per heavy atom. The van der Waals surface area contributed by atoms with Gasteiger partial charge in [-0.1, -0.05) is 48.7 Å². The van der Waals surface area contributed by atoms with Crippen LogP contribution in [-0.2, 0) is 11.2 Å². The van der Waals surface area contributed by atoms with Gasteiger partial charge in [0.1, 0.15) is 30.8 Å². The summed E-state index contributed by atoms with van der Waals surface area (Å²) in [6.45, 7) is 2.13. The van der Waals surface area contributed by atoms with Crippen molar-refractivity contribution < 1.29 is 24.2 Å². The number of nitrogens with one attached hydrogen (secondary N) is 1. The first-order chi connectivity index (χ1) is 14.9. The molecule has 2 aromatic carbocycles. The molecule has 0 aliphatic carbocycles. The second-order valence-electron chi connectivity index (χ2n) is 6.82. The molecule has 9 heteroatoms. The van der Waals surface area contributed by atoms with Crippen molar-refractivity contribution in [3.8, 4) is 11.5 Å². The third-order valence-electron chi connectivity index (χ3n) is 4.32. The summed E-state index contributed by atoms with van der Waals surface area (Å²) in [4.78, 5) is 23.1. The minimum atomic E-state index is -0.852. The van der Waals surface area contributed by atoms with E-state index in [0.717, 1.165) is 35.7 Å². The largest absolute Gasteiger partial charge is 0.491 e. The van der Waals surface area contributed by atoms with Crippen molar-refractivity contribution in [3.63, 3.8) is 0 Å². The smallest absolute Gasteiger partial charge is 0.290 e. The van der Waals surface area contributed by atoms with Crippen LogP contribution in [0.25, 0.3) is 6.08 Å². The van der Waals surface area contributed by atoms with Crippen LogP contribution in [0.1, 0.15) is 24.5 Å². The van der Waals surface area contributed by atoms with Gasteiger partial charge in [0.2, 0.25) is 0 Å². The molecular weight excluding hydrogens is 461 g/mol. The number of thioether (sulfide) groups is 1. The molecule has 2 N–H and O–H groups in total. The van der Waals surface area contributed by atoms with Crippen molar-refractivity contribution in [1.82, 2.24) is 5.32 Å². The van der Waals surface area contributed by atoms with Gasteiger partial charge < -0.3 is 14.6 Å². The number of amides is 2. The first-order valence-electron chi connectivity index (χ1n) is 9.62. The molecule has 1 aliphatic rings. The first kappa shape index (κ1) is 23.5. The number of aliphatic hydroxyl groups is 1. The summed E-state index contributed by atoms with van der Waals surface area (Å²) in [7, 11) is 0. The number of halogens is 2. The average molecular weight is 482 g/mol. The Morgan fingerprint density at radius 3 is 2.42 bits per heavy atom. The molecule has 31 heavy (non-hydrogen) atoms. The van der Waals surface area contributed by atoms with Gasteiger partial charge in [-0.15, -0.1) is 0 Å². The minimum absolute atomic E-state index is 0.0393. The molecule has 1 fully saturated rings. The Labute approximate surface area is 194 Å². The predicted molar refractivity (Wildman–Crippen MR) is 123 cm³/mol. The maximum atomic E-state index is 11.6. The highest BCUT2D eigenvalue weighted by molar-refractivity contribution is 8.18. The van der Waals surface area contributed by atoms with Crippen LogP contribution in [-0.4, -0.2) is 35.6 Å². The van der Waals surface area contributed by atoms with Crippen LogP contribution in [0.4, 0.5) is 4.79 Å². The van der Waals surface area contributed by atoms with E-state index < -0.39 is 12.0 Å². The summed E-state index contributed by atoms with van der Waals surface area (Å²) < 4.78 is 11.3. The van der Waals surface area contributed by atoms with Gasteiger partial charge in [0, 0.05) is 6.07 Å². The van der Waals surface area contributed by atoms with Gasteiger partial charge in [-0.25, -0.2) is 0 Å². The Kier molecular flexibility index (Phi) is 8.26. The number of carbonyl (C=O) groups is 2. The summed E-state index contributed by atoms with van der Waals surface area (Å²) in [6, 6.07) is 10.4. The van der Waals surface area contributed by atoms with Crippen molar-refractivity contribution in [2.75, 3.05) is 13.2 Å². The molecule has 0 spiro atoms. The highest BCUT2D eigenvalue weighted by Gasteiger charge is 2.24. The SMILES string of the molecule is CCCc1cc(Cl)c(Cl)cc1OCC(O)COc1ccc(/C=C2/SC(=O)NC2=O)cc1. The average Bonchev–Trinajstić information content (AvgIpc) is 3.05. The standard InChI is InChI=1S/C22H21Cl2NO5S/c1-2-3-14-9-17(23)18(24)10-19(14)30-12-15(26)11-29-16-6-4-13(5-7-16)8-20-21(27)25-22(28)31-20/h4-10,15,26H,2-3,11-12H2,1H3,(H,25,27,28)/b20-8+. The number of benzene rings is 2. The molecule has 0 saturated carbocycles. The fourth-order valence-electron chi connectivity index (χ4n) is 2.83. The first-order valence-corrected chi connectivity index (χ1v) is 11.2. The maximum Gasteiger partial charge on any atom is 0.290 e. The second kappa shape index (κ2) is 10.9. The molecule has 1 heterocycles. The van der Waals surface area contributed by atoms with Crippen LogP contribution in [0.2, 0.25) is 10.0 Å². The third-order valence-corrected chi connectivity index (χ3v) is 5.85. The topological polar surface area (TPSA) is 84.9 Å². The maximum absolute atomic E-state index is 11.6. The van der Waals surface area contributed by atoms with Crippen LogP contribution in [0.5, 0.6) is 11.5 Å². The number of hydrogen-bond acceptors (Lipinski definition) is 6. The second-order valence-corrected chi connectivity index (χ2v) is 8.65. The molecule has 1 aliphatic heterocycles. The Morgan fingerprint density at radius 2 is 1.77 bits per heavy atom. The number of rotatable bonds is 9. The number of aryl methyl sites for hydroxylation is 1. The van der Waals surface area contributed by atoms with Crippen LogP contribution < -0.4 is 14.8 Å². The van der Waals surface area contributed by atoms with Crippen LogP contribution in [0.15, 0.2) is 41.3 Å². The normalized spacial score (nSPS) is 15.8. The zero-order chi connectivity index (χ0) is 22.4. The summed E-state index contributed by atoms with van der Waals surface area (Å²) in [5, 5.41) is 12.9. The lowest BCUT2D eigenvalue weighted by Gasteiger charge is -2.16. The van der Waals surface area contributed by atoms with E-state index in [4.69, 9.17) is 32.7 Å². The highest BCUT2D eigenvalue weighted by atomic mass is 35.5. The van der Waals surface area contributed by atoms with Crippen molar-refractivity contribution in [2.24, 2.45) is 0 Å². The number of carbonyl (C=O) groups excluding carboxylic acids is 2. The minimum Gasteiger partial charge on any atom is -0.491 e. The summed E-state index contributed by atoms with van der Waals surface area (Å²) in [6.07, 6.45) is 2.49. The molecule has 0 radical (unpaired) electrons. The molecule has 0 bridgehead atoms. The fourth-order valence-corrected chi connectivity index (χ4v) is 3.85. The quantitative estimate of drug-likeness (QED) is 0.485. The van der Waals surface area contributed by atoms with E-state index in [1.165, 1.54) is 0 Å². The van der Waals surface area contributed by atoms with E-state index >= 15 is 0 Å². The Hall–Kier alpha value is -2.19. The summed E-state index contributed by atoms with van der Waals surface area (Å²) >= 11 is 13.0. The number of aliphatic hydroxyl groups excluding tert-OH is 1. The molecule has 1 atom stereocenters. The third kappa shape index (κ3) is 6.64. The molecule has 3 rings (SSSR count). The van der Waals surface area contributed by atoms with E-state index in [-0.39, 0.29) is 18.5 Å². The fraction of sp³-hybridized carbons (Fsp3) is 0.273. The Bertz CT molecular complexity index is 994. The zero-order valence-corrected chi connectivity index (χ0v) is 19.0. The molecule has 1 saturated heterocycles. The van der Waals surface area contributed by atoms with Gasteiger partial charge in [0.25, 0.3) is 11.1 Å². The summed E-state index contributed by atoms with van der Waals surface area (Å²) in [5.41, 5.74) is 1.69. The van der Waals surface area contributed by atoms with Crippen LogP contribution in [0.3, 0.4) is 0 Å². The number of hydrogen-bond donors (Lipinski definition) is 2. The van der Waals surface area contributed by atoms with Crippen molar-refractivity contribution in [3.05, 3.63) is 62.5 Å². The van der Waals surface area contributed by atoms with Crippen molar-refractivity contribution in [2.45, 2.75) is 25.9 Å². The highest BCUT2D eigenvalue weighted by Crippen LogP contribution is 2.31. The van der Waals surface area contributed by atoms with E-state index in [1.54, 1.807) is 42.5 Å². The zero-order valence-electron chi connectivity index (χ0n) is 16.7.